The van der Waals surface area contributed by atoms with Gasteiger partial charge in [-0.15, -0.1) is 0 Å². The highest BCUT2D eigenvalue weighted by molar-refractivity contribution is 7.99. The lowest BCUT2D eigenvalue weighted by atomic mass is 10.1. The van der Waals surface area contributed by atoms with E-state index in [9.17, 15) is 22.8 Å². The molecular weight excluding hydrogens is 467 g/mol. The van der Waals surface area contributed by atoms with Gasteiger partial charge < -0.3 is 15.5 Å². The first kappa shape index (κ1) is 23.8. The number of benzene rings is 2. The maximum Gasteiger partial charge on any atom is 0.418 e. The molecule has 0 atom stereocenters. The summed E-state index contributed by atoms with van der Waals surface area (Å²) in [5.41, 5.74) is -0.543. The molecular formula is C23H22F3N5O2S. The second kappa shape index (κ2) is 9.88. The van der Waals surface area contributed by atoms with Crippen LogP contribution in [0.3, 0.4) is 0 Å². The number of para-hydroxylation sites is 2. The van der Waals surface area contributed by atoms with Crippen LogP contribution in [0.5, 0.6) is 0 Å². The fourth-order valence-electron chi connectivity index (χ4n) is 3.22. The molecule has 0 bridgehead atoms. The number of thioether (sulfide) groups is 1. The maximum atomic E-state index is 13.1. The van der Waals surface area contributed by atoms with E-state index in [0.717, 1.165) is 52.3 Å². The molecule has 1 heterocycles. The summed E-state index contributed by atoms with van der Waals surface area (Å²) in [5.74, 6) is -0.406. The normalized spacial score (nSPS) is 13.5. The number of carbonyl (C=O) groups excluding carboxylic acids is 2. The number of carbonyl (C=O) groups is 2. The average molecular weight is 490 g/mol. The van der Waals surface area contributed by atoms with Gasteiger partial charge in [-0.05, 0) is 37.1 Å². The Morgan fingerprint density at radius 1 is 1.09 bits per heavy atom. The molecule has 2 N–H and O–H groups in total. The average Bonchev–Trinajstić information content (AvgIpc) is 3.61. The lowest BCUT2D eigenvalue weighted by Crippen LogP contribution is -2.36. The number of anilines is 2. The Balaban J connectivity index is 1.36. The van der Waals surface area contributed by atoms with Gasteiger partial charge in [-0.25, -0.2) is 9.97 Å². The number of halogens is 3. The molecule has 0 radical (unpaired) electrons. The summed E-state index contributed by atoms with van der Waals surface area (Å²) >= 11 is 1.14. The van der Waals surface area contributed by atoms with Crippen molar-refractivity contribution in [1.82, 2.24) is 14.9 Å². The van der Waals surface area contributed by atoms with E-state index in [1.807, 2.05) is 24.3 Å². The Morgan fingerprint density at radius 3 is 2.53 bits per heavy atom. The van der Waals surface area contributed by atoms with Crippen molar-refractivity contribution in [2.75, 3.05) is 30.0 Å². The van der Waals surface area contributed by atoms with E-state index in [4.69, 9.17) is 0 Å². The maximum absolute atomic E-state index is 13.1. The molecule has 178 valence electrons. The van der Waals surface area contributed by atoms with E-state index in [0.29, 0.717) is 11.2 Å². The third-order valence-electron chi connectivity index (χ3n) is 5.14. The molecule has 4 rings (SSSR count). The molecule has 0 saturated heterocycles. The molecule has 0 spiro atoms. The molecule has 0 aliphatic heterocycles. The largest absolute Gasteiger partial charge is 0.418 e. The summed E-state index contributed by atoms with van der Waals surface area (Å²) in [6.07, 6.45) is -2.44. The zero-order chi connectivity index (χ0) is 24.3. The van der Waals surface area contributed by atoms with Gasteiger partial charge in [-0.3, -0.25) is 9.59 Å². The fourth-order valence-corrected chi connectivity index (χ4v) is 4.01. The molecule has 1 aliphatic rings. The lowest BCUT2D eigenvalue weighted by molar-refractivity contribution is -0.137. The van der Waals surface area contributed by atoms with Crippen molar-refractivity contribution < 1.29 is 22.8 Å². The molecule has 2 aromatic carbocycles. The van der Waals surface area contributed by atoms with Crippen LogP contribution in [0.25, 0.3) is 10.9 Å². The number of nitrogens with zero attached hydrogens (tertiary/aromatic N) is 3. The van der Waals surface area contributed by atoms with Crippen molar-refractivity contribution in [3.05, 3.63) is 54.1 Å². The number of likely N-dealkylation sites (N-methyl/N-ethyl adjacent to an activating group) is 1. The zero-order valence-corrected chi connectivity index (χ0v) is 19.0. The number of alkyl halides is 3. The summed E-state index contributed by atoms with van der Waals surface area (Å²) in [6.45, 7) is -0.390. The number of amides is 2. The molecule has 34 heavy (non-hydrogen) atoms. The number of nitrogens with one attached hydrogen (secondary N) is 2. The number of rotatable bonds is 8. The molecule has 7 nitrogen and oxygen atoms in total. The molecule has 1 saturated carbocycles. The van der Waals surface area contributed by atoms with Gasteiger partial charge in [-0.1, -0.05) is 36.0 Å². The van der Waals surface area contributed by atoms with Crippen molar-refractivity contribution >= 4 is 46.0 Å². The van der Waals surface area contributed by atoms with E-state index in [1.54, 1.807) is 0 Å². The summed E-state index contributed by atoms with van der Waals surface area (Å²) in [5, 5.41) is 6.94. The van der Waals surface area contributed by atoms with E-state index < -0.39 is 24.2 Å². The van der Waals surface area contributed by atoms with Gasteiger partial charge in [0.25, 0.3) is 0 Å². The van der Waals surface area contributed by atoms with E-state index >= 15 is 0 Å². The Kier molecular flexibility index (Phi) is 6.92. The molecule has 2 amide bonds. The highest BCUT2D eigenvalue weighted by Crippen LogP contribution is 2.34. The molecule has 0 unspecified atom stereocenters. The summed E-state index contributed by atoms with van der Waals surface area (Å²) < 4.78 is 39.3. The monoisotopic (exact) mass is 489 g/mol. The van der Waals surface area contributed by atoms with Crippen molar-refractivity contribution in [3.63, 3.8) is 0 Å². The molecule has 3 aromatic rings. The van der Waals surface area contributed by atoms with Gasteiger partial charge in [0.15, 0.2) is 5.16 Å². The van der Waals surface area contributed by atoms with Gasteiger partial charge in [-0.2, -0.15) is 13.2 Å². The van der Waals surface area contributed by atoms with Crippen LogP contribution in [0, 0.1) is 0 Å². The quantitative estimate of drug-likeness (QED) is 0.360. The first-order valence-corrected chi connectivity index (χ1v) is 11.6. The van der Waals surface area contributed by atoms with Gasteiger partial charge in [0, 0.05) is 18.5 Å². The Bertz CT molecular complexity index is 1220. The minimum atomic E-state index is -4.60. The van der Waals surface area contributed by atoms with Gasteiger partial charge in [0.2, 0.25) is 11.8 Å². The number of hydrogen-bond donors (Lipinski definition) is 2. The van der Waals surface area contributed by atoms with Crippen molar-refractivity contribution in [2.45, 2.75) is 30.2 Å². The van der Waals surface area contributed by atoms with Crippen LogP contribution < -0.4 is 10.6 Å². The van der Waals surface area contributed by atoms with Crippen LogP contribution in [0.2, 0.25) is 0 Å². The Labute approximate surface area is 198 Å². The summed E-state index contributed by atoms with van der Waals surface area (Å²) in [7, 11) is 1.42. The first-order valence-electron chi connectivity index (χ1n) is 10.6. The van der Waals surface area contributed by atoms with Crippen LogP contribution in [0.1, 0.15) is 18.4 Å². The third kappa shape index (κ3) is 5.96. The zero-order valence-electron chi connectivity index (χ0n) is 18.2. The van der Waals surface area contributed by atoms with Crippen LogP contribution >= 0.6 is 11.8 Å². The smallest absolute Gasteiger partial charge is 0.367 e. The number of aromatic nitrogens is 2. The number of fused-ring (bicyclic) bond motifs is 1. The van der Waals surface area contributed by atoms with Crippen molar-refractivity contribution in [2.24, 2.45) is 0 Å². The highest BCUT2D eigenvalue weighted by Gasteiger charge is 2.33. The summed E-state index contributed by atoms with van der Waals surface area (Å²) in [6, 6.07) is 12.7. The predicted octanol–water partition coefficient (Wildman–Crippen LogP) is 4.41. The predicted molar refractivity (Wildman–Crippen MR) is 125 cm³/mol. The minimum absolute atomic E-state index is 0.0237. The van der Waals surface area contributed by atoms with E-state index in [2.05, 4.69) is 20.6 Å². The SMILES string of the molecule is CN(CC(=O)Nc1ccccc1C(F)(F)F)C(=O)CSc1nc(NC2CC2)c2ccccc2n1. The van der Waals surface area contributed by atoms with Crippen molar-refractivity contribution in [3.8, 4) is 0 Å². The minimum Gasteiger partial charge on any atom is -0.367 e. The molecule has 1 aromatic heterocycles. The van der Waals surface area contributed by atoms with E-state index in [-0.39, 0.29) is 17.3 Å². The Morgan fingerprint density at radius 2 is 1.79 bits per heavy atom. The molecule has 1 aliphatic carbocycles. The fraction of sp³-hybridized carbons (Fsp3) is 0.304. The second-order valence-electron chi connectivity index (χ2n) is 7.92. The first-order chi connectivity index (χ1) is 16.2. The van der Waals surface area contributed by atoms with Gasteiger partial charge >= 0.3 is 6.18 Å². The number of hydrogen-bond acceptors (Lipinski definition) is 6. The van der Waals surface area contributed by atoms with E-state index in [1.165, 1.54) is 25.2 Å². The van der Waals surface area contributed by atoms with Gasteiger partial charge in [0.1, 0.15) is 5.82 Å². The second-order valence-corrected chi connectivity index (χ2v) is 8.86. The molecule has 11 heteroatoms. The van der Waals surface area contributed by atoms with Crippen LogP contribution in [0.4, 0.5) is 24.7 Å². The Hall–Kier alpha value is -3.34. The topological polar surface area (TPSA) is 87.2 Å². The lowest BCUT2D eigenvalue weighted by Gasteiger charge is -2.18. The van der Waals surface area contributed by atoms with Gasteiger partial charge in [0.05, 0.1) is 29.1 Å². The highest BCUT2D eigenvalue weighted by atomic mass is 32.2. The van der Waals surface area contributed by atoms with Crippen LogP contribution in [-0.2, 0) is 15.8 Å². The molecule has 1 fully saturated rings. The summed E-state index contributed by atoms with van der Waals surface area (Å²) in [4.78, 5) is 35.0. The van der Waals surface area contributed by atoms with Crippen LogP contribution in [0.15, 0.2) is 53.7 Å². The third-order valence-corrected chi connectivity index (χ3v) is 5.97. The van der Waals surface area contributed by atoms with Crippen molar-refractivity contribution in [1.29, 1.82) is 0 Å². The van der Waals surface area contributed by atoms with Crippen LogP contribution in [-0.4, -0.2) is 52.1 Å². The standard InChI is InChI=1S/C23H22F3N5O2S/c1-31(12-19(32)28-18-9-5-3-7-16(18)23(24,25)26)20(33)13-34-22-29-17-8-4-2-6-15(17)21(30-22)27-14-10-11-14/h2-9,14H,10-13H2,1H3,(H,28,32)(H,27,29,30).